The van der Waals surface area contributed by atoms with Crippen LogP contribution in [0.15, 0.2) is 39.5 Å². The fourth-order valence-corrected chi connectivity index (χ4v) is 2.35. The number of rotatable bonds is 1. The van der Waals surface area contributed by atoms with E-state index in [2.05, 4.69) is 25.9 Å². The van der Waals surface area contributed by atoms with Gasteiger partial charge in [-0.1, -0.05) is 27.5 Å². The number of benzene rings is 1. The zero-order chi connectivity index (χ0) is 12.7. The molecule has 0 saturated heterocycles. The Bertz CT molecular complexity index is 741. The van der Waals surface area contributed by atoms with E-state index in [1.165, 1.54) is 0 Å². The average Bonchev–Trinajstić information content (AvgIpc) is 2.73. The lowest BCUT2D eigenvalue weighted by atomic mass is 10.3. The zero-order valence-corrected chi connectivity index (χ0v) is 11.4. The Morgan fingerprint density at radius 3 is 2.94 bits per heavy atom. The molecule has 0 aliphatic carbocycles. The van der Waals surface area contributed by atoms with Crippen LogP contribution in [0.2, 0.25) is 5.02 Å². The van der Waals surface area contributed by atoms with Gasteiger partial charge in [-0.25, -0.2) is 4.98 Å². The second-order valence-electron chi connectivity index (χ2n) is 3.72. The molecule has 2 N–H and O–H groups in total. The second kappa shape index (κ2) is 4.26. The van der Waals surface area contributed by atoms with Gasteiger partial charge >= 0.3 is 0 Å². The minimum atomic E-state index is 0.433. The number of nitrogens with zero attached hydrogens (tertiary/aromatic N) is 2. The maximum absolute atomic E-state index is 6.05. The Hall–Kier alpha value is -1.59. The molecule has 0 saturated carbocycles. The highest BCUT2D eigenvalue weighted by Crippen LogP contribution is 2.32. The number of nitrogens with two attached hydrogens (primary N) is 1. The Morgan fingerprint density at radius 2 is 2.17 bits per heavy atom. The number of anilines is 1. The lowest BCUT2D eigenvalue weighted by Gasteiger charge is -1.96. The molecule has 18 heavy (non-hydrogen) atoms. The number of hydrogen-bond donors (Lipinski definition) is 1. The van der Waals surface area contributed by atoms with Crippen LogP contribution < -0.4 is 5.73 Å². The van der Waals surface area contributed by atoms with Gasteiger partial charge < -0.3 is 10.2 Å². The van der Waals surface area contributed by atoms with Crippen molar-refractivity contribution in [1.29, 1.82) is 0 Å². The molecule has 0 unspecified atom stereocenters. The summed E-state index contributed by atoms with van der Waals surface area (Å²) in [5.41, 5.74) is 8.34. The SMILES string of the molecule is Nc1cc(Br)cc2nc(-c3ccncc3Cl)oc12. The fraction of sp³-hybridized carbons (Fsp3) is 0. The molecule has 0 aliphatic rings. The quantitative estimate of drug-likeness (QED) is 0.690. The van der Waals surface area contributed by atoms with Crippen LogP contribution in [0.4, 0.5) is 5.69 Å². The summed E-state index contributed by atoms with van der Waals surface area (Å²) in [4.78, 5) is 8.30. The molecule has 0 bridgehead atoms. The summed E-state index contributed by atoms with van der Waals surface area (Å²) < 4.78 is 6.51. The summed E-state index contributed by atoms with van der Waals surface area (Å²) in [7, 11) is 0. The number of halogens is 2. The van der Waals surface area contributed by atoms with Crippen molar-refractivity contribution in [3.63, 3.8) is 0 Å². The number of pyridine rings is 1. The molecule has 0 fully saturated rings. The lowest BCUT2D eigenvalue weighted by Crippen LogP contribution is -1.84. The van der Waals surface area contributed by atoms with Gasteiger partial charge in [-0.05, 0) is 18.2 Å². The third kappa shape index (κ3) is 1.85. The van der Waals surface area contributed by atoms with E-state index in [1.54, 1.807) is 24.5 Å². The monoisotopic (exact) mass is 323 g/mol. The van der Waals surface area contributed by atoms with Crippen LogP contribution in [0.3, 0.4) is 0 Å². The first kappa shape index (κ1) is 11.5. The predicted molar refractivity (Wildman–Crippen MR) is 74.4 cm³/mol. The highest BCUT2D eigenvalue weighted by atomic mass is 79.9. The van der Waals surface area contributed by atoms with Crippen LogP contribution in [0.5, 0.6) is 0 Å². The highest BCUT2D eigenvalue weighted by molar-refractivity contribution is 9.10. The van der Waals surface area contributed by atoms with Gasteiger partial charge in [-0.2, -0.15) is 0 Å². The van der Waals surface area contributed by atoms with E-state index in [-0.39, 0.29) is 0 Å². The van der Waals surface area contributed by atoms with Gasteiger partial charge in [-0.15, -0.1) is 0 Å². The minimum Gasteiger partial charge on any atom is -0.434 e. The third-order valence-corrected chi connectivity index (χ3v) is 3.25. The molecule has 0 spiro atoms. The van der Waals surface area contributed by atoms with Crippen molar-refractivity contribution in [2.75, 3.05) is 5.73 Å². The second-order valence-corrected chi connectivity index (χ2v) is 5.04. The molecule has 2 aromatic heterocycles. The number of aromatic nitrogens is 2. The summed E-state index contributed by atoms with van der Waals surface area (Å²) in [6.07, 6.45) is 3.18. The van der Waals surface area contributed by atoms with Crippen LogP contribution in [0.25, 0.3) is 22.6 Å². The van der Waals surface area contributed by atoms with E-state index >= 15 is 0 Å². The van der Waals surface area contributed by atoms with E-state index in [0.29, 0.717) is 33.3 Å². The molecule has 0 aliphatic heterocycles. The summed E-state index contributed by atoms with van der Waals surface area (Å²) in [6.45, 7) is 0. The molecular formula is C12H7BrClN3O. The van der Waals surface area contributed by atoms with Gasteiger partial charge in [0, 0.05) is 16.9 Å². The number of fused-ring (bicyclic) bond motifs is 1. The number of hydrogen-bond acceptors (Lipinski definition) is 4. The molecule has 3 rings (SSSR count). The van der Waals surface area contributed by atoms with Crippen LogP contribution in [0, 0.1) is 0 Å². The first-order valence-corrected chi connectivity index (χ1v) is 6.27. The molecule has 90 valence electrons. The van der Waals surface area contributed by atoms with Crippen molar-refractivity contribution in [2.45, 2.75) is 0 Å². The smallest absolute Gasteiger partial charge is 0.229 e. The van der Waals surface area contributed by atoms with Gasteiger partial charge in [0.15, 0.2) is 5.58 Å². The molecule has 3 aromatic rings. The molecule has 0 atom stereocenters. The molecule has 1 aromatic carbocycles. The van der Waals surface area contributed by atoms with Gasteiger partial charge in [0.2, 0.25) is 5.89 Å². The van der Waals surface area contributed by atoms with Crippen LogP contribution in [-0.4, -0.2) is 9.97 Å². The van der Waals surface area contributed by atoms with E-state index in [0.717, 1.165) is 4.47 Å². The lowest BCUT2D eigenvalue weighted by molar-refractivity contribution is 0.621. The van der Waals surface area contributed by atoms with Gasteiger partial charge in [0.05, 0.1) is 16.3 Å². The maximum Gasteiger partial charge on any atom is 0.229 e. The normalized spacial score (nSPS) is 11.0. The first-order valence-electron chi connectivity index (χ1n) is 5.10. The largest absolute Gasteiger partial charge is 0.434 e. The molecule has 0 amide bonds. The van der Waals surface area contributed by atoms with Crippen LogP contribution >= 0.6 is 27.5 Å². The van der Waals surface area contributed by atoms with E-state index in [4.69, 9.17) is 21.8 Å². The average molecular weight is 325 g/mol. The Morgan fingerprint density at radius 1 is 1.33 bits per heavy atom. The zero-order valence-electron chi connectivity index (χ0n) is 9.02. The maximum atomic E-state index is 6.05. The van der Waals surface area contributed by atoms with Crippen molar-refractivity contribution < 1.29 is 4.42 Å². The van der Waals surface area contributed by atoms with Crippen molar-refractivity contribution in [3.8, 4) is 11.5 Å². The van der Waals surface area contributed by atoms with E-state index < -0.39 is 0 Å². The van der Waals surface area contributed by atoms with Crippen LogP contribution in [0.1, 0.15) is 0 Å². The van der Waals surface area contributed by atoms with Crippen molar-refractivity contribution >= 4 is 44.3 Å². The van der Waals surface area contributed by atoms with Crippen molar-refractivity contribution in [1.82, 2.24) is 9.97 Å². The summed E-state index contributed by atoms with van der Waals surface area (Å²) >= 11 is 9.42. The van der Waals surface area contributed by atoms with E-state index in [9.17, 15) is 0 Å². The van der Waals surface area contributed by atoms with Crippen molar-refractivity contribution in [2.24, 2.45) is 0 Å². The van der Waals surface area contributed by atoms with Crippen LogP contribution in [-0.2, 0) is 0 Å². The number of nitrogen functional groups attached to an aromatic ring is 1. The highest BCUT2D eigenvalue weighted by Gasteiger charge is 2.13. The Kier molecular flexibility index (Phi) is 2.72. The van der Waals surface area contributed by atoms with Crippen molar-refractivity contribution in [3.05, 3.63) is 40.1 Å². The Balaban J connectivity index is 2.26. The third-order valence-electron chi connectivity index (χ3n) is 2.49. The topological polar surface area (TPSA) is 64.9 Å². The molecular weight excluding hydrogens is 318 g/mol. The van der Waals surface area contributed by atoms with Gasteiger partial charge in [0.25, 0.3) is 0 Å². The minimum absolute atomic E-state index is 0.433. The molecule has 0 radical (unpaired) electrons. The number of oxazole rings is 1. The first-order chi connectivity index (χ1) is 8.65. The summed E-state index contributed by atoms with van der Waals surface area (Å²) in [6, 6.07) is 5.36. The van der Waals surface area contributed by atoms with E-state index in [1.807, 2.05) is 6.07 Å². The summed E-state index contributed by atoms with van der Waals surface area (Å²) in [5, 5.41) is 0.488. The van der Waals surface area contributed by atoms with Gasteiger partial charge in [0.1, 0.15) is 5.52 Å². The standard InChI is InChI=1S/C12H7BrClN3O/c13-6-3-9(15)11-10(4-6)17-12(18-11)7-1-2-16-5-8(7)14/h1-5H,15H2. The Labute approximate surface area is 116 Å². The predicted octanol–water partition coefficient (Wildman–Crippen LogP) is 3.89. The molecule has 6 heteroatoms. The summed E-state index contributed by atoms with van der Waals surface area (Å²) in [5.74, 6) is 0.433. The van der Waals surface area contributed by atoms with Gasteiger partial charge in [-0.3, -0.25) is 4.98 Å². The fourth-order valence-electron chi connectivity index (χ4n) is 1.69. The molecule has 2 heterocycles. The molecule has 4 nitrogen and oxygen atoms in total.